The number of aliphatic hydroxyl groups excluding tert-OH is 1. The molecule has 1 fully saturated rings. The van der Waals surface area contributed by atoms with Gasteiger partial charge in [0, 0.05) is 24.8 Å². The highest BCUT2D eigenvalue weighted by molar-refractivity contribution is 5.03. The smallest absolute Gasteiger partial charge is 0.0640 e. The van der Waals surface area contributed by atoms with E-state index in [1.807, 2.05) is 12.4 Å². The van der Waals surface area contributed by atoms with Gasteiger partial charge in [-0.05, 0) is 32.0 Å². The molecule has 102 valence electrons. The first-order chi connectivity index (χ1) is 8.81. The summed E-state index contributed by atoms with van der Waals surface area (Å²) in [7, 11) is 0. The summed E-state index contributed by atoms with van der Waals surface area (Å²) in [6.45, 7) is 8.55. The molecule has 2 N–H and O–H groups in total. The van der Waals surface area contributed by atoms with Gasteiger partial charge in [0.2, 0.25) is 0 Å². The lowest BCUT2D eigenvalue weighted by Gasteiger charge is -2.13. The lowest BCUT2D eigenvalue weighted by atomic mass is 10.1. The Morgan fingerprint density at radius 3 is 3.17 bits per heavy atom. The number of hydrogen-bond donors (Lipinski definition) is 2. The first-order valence-corrected chi connectivity index (χ1v) is 6.87. The maximum Gasteiger partial charge on any atom is 0.0640 e. The van der Waals surface area contributed by atoms with Gasteiger partial charge in [-0.25, -0.2) is 0 Å². The molecular formula is C13H24N4O. The van der Waals surface area contributed by atoms with Gasteiger partial charge in [-0.2, -0.15) is 5.10 Å². The van der Waals surface area contributed by atoms with E-state index in [4.69, 9.17) is 5.11 Å². The predicted molar refractivity (Wildman–Crippen MR) is 71.2 cm³/mol. The van der Waals surface area contributed by atoms with Crippen molar-refractivity contribution >= 4 is 0 Å². The first-order valence-electron chi connectivity index (χ1n) is 6.87. The summed E-state index contributed by atoms with van der Waals surface area (Å²) < 4.78 is 1.78. The Balaban J connectivity index is 1.65. The van der Waals surface area contributed by atoms with E-state index >= 15 is 0 Å². The van der Waals surface area contributed by atoms with Crippen LogP contribution in [-0.2, 0) is 13.1 Å². The minimum atomic E-state index is 0.142. The molecule has 0 spiro atoms. The van der Waals surface area contributed by atoms with Crippen molar-refractivity contribution in [2.45, 2.75) is 26.4 Å². The van der Waals surface area contributed by atoms with Crippen LogP contribution in [-0.4, -0.2) is 52.6 Å². The van der Waals surface area contributed by atoms with E-state index in [2.05, 4.69) is 22.2 Å². The maximum atomic E-state index is 8.82. The number of nitrogens with one attached hydrogen (secondary N) is 1. The van der Waals surface area contributed by atoms with E-state index in [0.717, 1.165) is 19.0 Å². The van der Waals surface area contributed by atoms with Crippen LogP contribution in [0.1, 0.15) is 18.9 Å². The molecule has 0 saturated carbocycles. The molecule has 1 atom stereocenters. The van der Waals surface area contributed by atoms with Crippen LogP contribution in [0.25, 0.3) is 0 Å². The topological polar surface area (TPSA) is 53.3 Å². The molecule has 1 aliphatic rings. The highest BCUT2D eigenvalue weighted by Crippen LogP contribution is 2.14. The number of likely N-dealkylation sites (tertiary alicyclic amines) is 1. The Labute approximate surface area is 109 Å². The third-order valence-electron chi connectivity index (χ3n) is 3.60. The molecule has 0 aromatic carbocycles. The Bertz CT molecular complexity index is 353. The summed E-state index contributed by atoms with van der Waals surface area (Å²) in [4.78, 5) is 2.51. The summed E-state index contributed by atoms with van der Waals surface area (Å²) >= 11 is 0. The van der Waals surface area contributed by atoms with E-state index in [9.17, 15) is 0 Å². The van der Waals surface area contributed by atoms with Crippen LogP contribution >= 0.6 is 0 Å². The van der Waals surface area contributed by atoms with Crippen LogP contribution in [0.3, 0.4) is 0 Å². The molecule has 2 heterocycles. The Kier molecular flexibility index (Phi) is 5.16. The van der Waals surface area contributed by atoms with Crippen molar-refractivity contribution in [3.05, 3.63) is 18.0 Å². The minimum absolute atomic E-state index is 0.142. The number of aliphatic hydroxyl groups is 1. The van der Waals surface area contributed by atoms with Gasteiger partial charge < -0.3 is 15.3 Å². The van der Waals surface area contributed by atoms with Gasteiger partial charge in [-0.1, -0.05) is 6.92 Å². The van der Waals surface area contributed by atoms with Crippen molar-refractivity contribution in [1.29, 1.82) is 0 Å². The summed E-state index contributed by atoms with van der Waals surface area (Å²) in [5, 5.41) is 16.5. The molecule has 1 unspecified atom stereocenters. The van der Waals surface area contributed by atoms with Crippen molar-refractivity contribution in [2.24, 2.45) is 5.92 Å². The lowest BCUT2D eigenvalue weighted by molar-refractivity contribution is 0.269. The SMILES string of the molecule is CCN1CCC(CNCc2cnn(CCO)c2)C1. The van der Waals surface area contributed by atoms with Gasteiger partial charge in [0.05, 0.1) is 19.3 Å². The fraction of sp³-hybridized carbons (Fsp3) is 0.769. The zero-order valence-corrected chi connectivity index (χ0v) is 11.2. The highest BCUT2D eigenvalue weighted by atomic mass is 16.3. The normalized spacial score (nSPS) is 20.7. The molecule has 0 amide bonds. The summed E-state index contributed by atoms with van der Waals surface area (Å²) in [6, 6.07) is 0. The van der Waals surface area contributed by atoms with Crippen molar-refractivity contribution in [1.82, 2.24) is 20.0 Å². The lowest BCUT2D eigenvalue weighted by Crippen LogP contribution is -2.26. The standard InChI is InChI=1S/C13H24N4O/c1-2-16-4-3-12(10-16)7-14-8-13-9-15-17(11-13)5-6-18/h9,11-12,14,18H,2-8,10H2,1H3. The number of nitrogens with zero attached hydrogens (tertiary/aromatic N) is 3. The van der Waals surface area contributed by atoms with Gasteiger partial charge in [0.1, 0.15) is 0 Å². The van der Waals surface area contributed by atoms with Crippen molar-refractivity contribution in [3.63, 3.8) is 0 Å². The zero-order valence-electron chi connectivity index (χ0n) is 11.2. The third-order valence-corrected chi connectivity index (χ3v) is 3.60. The van der Waals surface area contributed by atoms with Crippen molar-refractivity contribution in [2.75, 3.05) is 32.8 Å². The molecule has 0 aliphatic carbocycles. The molecule has 2 rings (SSSR count). The van der Waals surface area contributed by atoms with Crippen LogP contribution in [0.2, 0.25) is 0 Å². The summed E-state index contributed by atoms with van der Waals surface area (Å²) in [5.41, 5.74) is 1.19. The molecule has 1 aliphatic heterocycles. The van der Waals surface area contributed by atoms with Crippen LogP contribution in [0.15, 0.2) is 12.4 Å². The van der Waals surface area contributed by atoms with E-state index in [1.54, 1.807) is 4.68 Å². The number of rotatable bonds is 7. The molecule has 5 heteroatoms. The van der Waals surface area contributed by atoms with Crippen LogP contribution in [0, 0.1) is 5.92 Å². The van der Waals surface area contributed by atoms with Crippen LogP contribution in [0.4, 0.5) is 0 Å². The molecular weight excluding hydrogens is 228 g/mol. The molecule has 0 bridgehead atoms. The van der Waals surface area contributed by atoms with Crippen molar-refractivity contribution in [3.8, 4) is 0 Å². The molecule has 5 nitrogen and oxygen atoms in total. The van der Waals surface area contributed by atoms with Crippen LogP contribution in [0.5, 0.6) is 0 Å². The minimum Gasteiger partial charge on any atom is -0.394 e. The third kappa shape index (κ3) is 3.80. The Morgan fingerprint density at radius 1 is 1.56 bits per heavy atom. The molecule has 18 heavy (non-hydrogen) atoms. The maximum absolute atomic E-state index is 8.82. The predicted octanol–water partition coefficient (Wildman–Crippen LogP) is 0.307. The second kappa shape index (κ2) is 6.87. The van der Waals surface area contributed by atoms with E-state index in [-0.39, 0.29) is 6.61 Å². The summed E-state index contributed by atoms with van der Waals surface area (Å²) in [5.74, 6) is 0.789. The quantitative estimate of drug-likeness (QED) is 0.733. The van der Waals surface area contributed by atoms with E-state index in [1.165, 1.54) is 31.6 Å². The first kappa shape index (κ1) is 13.5. The van der Waals surface area contributed by atoms with Crippen LogP contribution < -0.4 is 5.32 Å². The molecule has 1 saturated heterocycles. The van der Waals surface area contributed by atoms with E-state index in [0.29, 0.717) is 6.54 Å². The molecule has 1 aromatic rings. The van der Waals surface area contributed by atoms with Gasteiger partial charge in [0.25, 0.3) is 0 Å². The van der Waals surface area contributed by atoms with E-state index < -0.39 is 0 Å². The van der Waals surface area contributed by atoms with Gasteiger partial charge in [-0.15, -0.1) is 0 Å². The highest BCUT2D eigenvalue weighted by Gasteiger charge is 2.20. The second-order valence-electron chi connectivity index (χ2n) is 5.01. The van der Waals surface area contributed by atoms with Crippen molar-refractivity contribution < 1.29 is 5.11 Å². The Hall–Kier alpha value is -0.910. The van der Waals surface area contributed by atoms with Gasteiger partial charge >= 0.3 is 0 Å². The van der Waals surface area contributed by atoms with Gasteiger partial charge in [0.15, 0.2) is 0 Å². The fourth-order valence-corrected chi connectivity index (χ4v) is 2.51. The molecule has 0 radical (unpaired) electrons. The average molecular weight is 252 g/mol. The summed E-state index contributed by atoms with van der Waals surface area (Å²) in [6.07, 6.45) is 5.18. The molecule has 1 aromatic heterocycles. The zero-order chi connectivity index (χ0) is 12.8. The fourth-order valence-electron chi connectivity index (χ4n) is 2.51. The van der Waals surface area contributed by atoms with Gasteiger partial charge in [-0.3, -0.25) is 4.68 Å². The Morgan fingerprint density at radius 2 is 2.44 bits per heavy atom. The average Bonchev–Trinajstić information content (AvgIpc) is 2.99. The number of aromatic nitrogens is 2. The largest absolute Gasteiger partial charge is 0.394 e. The second-order valence-corrected chi connectivity index (χ2v) is 5.01. The number of hydrogen-bond acceptors (Lipinski definition) is 4. The monoisotopic (exact) mass is 252 g/mol.